The summed E-state index contributed by atoms with van der Waals surface area (Å²) in [6, 6.07) is 0. The van der Waals surface area contributed by atoms with Gasteiger partial charge in [-0.15, -0.1) is 0 Å². The van der Waals surface area contributed by atoms with E-state index in [4.69, 9.17) is 5.72 Å². The van der Waals surface area contributed by atoms with Crippen LogP contribution in [-0.4, -0.2) is 38.3 Å². The van der Waals surface area contributed by atoms with Crippen molar-refractivity contribution in [1.29, 1.82) is 0 Å². The second-order valence-corrected chi connectivity index (χ2v) is 0. The molecule has 9 heavy (non-hydrogen) atoms. The summed E-state index contributed by atoms with van der Waals surface area (Å²) in [5.41, 5.74) is 4.81. The second-order valence-electron chi connectivity index (χ2n) is 0. The molecule has 0 aromatic rings. The maximum absolute atomic E-state index is 4.81. The van der Waals surface area contributed by atoms with E-state index in [9.17, 15) is 0 Å². The summed E-state index contributed by atoms with van der Waals surface area (Å²) in [7, 11) is 0. The van der Waals surface area contributed by atoms with E-state index in [1.54, 1.807) is 0 Å². The quantitative estimate of drug-likeness (QED) is 0.409. The Morgan fingerprint density at radius 2 is 0.444 bits per heavy atom. The Bertz CT molecular complexity index is 8.88. The summed E-state index contributed by atoms with van der Waals surface area (Å²) in [4.78, 5) is 0. The SMILES string of the molecule is O.O.O.O.O.O.O.[Cl][Pr]. The molecule has 0 aromatic carbocycles. The van der Waals surface area contributed by atoms with Crippen LogP contribution in [0.25, 0.3) is 0 Å². The van der Waals surface area contributed by atoms with Crippen molar-refractivity contribution in [1.82, 2.24) is 0 Å². The van der Waals surface area contributed by atoms with Crippen LogP contribution in [0.4, 0.5) is 0 Å². The van der Waals surface area contributed by atoms with Crippen molar-refractivity contribution in [3.63, 3.8) is 0 Å². The van der Waals surface area contributed by atoms with E-state index < -0.39 is 0 Å². The van der Waals surface area contributed by atoms with E-state index in [0.29, 0.717) is 37.6 Å². The molecule has 0 aliphatic carbocycles. The Morgan fingerprint density at radius 3 is 0.444 bits per heavy atom. The fourth-order valence-electron chi connectivity index (χ4n) is 0. The van der Waals surface area contributed by atoms with Gasteiger partial charge < -0.3 is 38.3 Å². The van der Waals surface area contributed by atoms with E-state index in [-0.39, 0.29) is 38.3 Å². The van der Waals surface area contributed by atoms with Gasteiger partial charge in [0.2, 0.25) is 0 Å². The first-order valence-electron chi connectivity index (χ1n) is 0.218. The summed E-state index contributed by atoms with van der Waals surface area (Å²) in [5, 5.41) is 0. The summed E-state index contributed by atoms with van der Waals surface area (Å²) in [5.74, 6) is 0. The molecule has 0 aromatic heterocycles. The van der Waals surface area contributed by atoms with Crippen LogP contribution in [0.2, 0.25) is 0 Å². The monoisotopic (exact) mass is 302 g/mol. The molecule has 0 amide bonds. The molecule has 7 nitrogen and oxygen atoms in total. The van der Waals surface area contributed by atoms with E-state index >= 15 is 0 Å². The number of halogens is 1. The average Bonchev–Trinajstić information content (AvgIpc) is 1.00. The first-order valence-corrected chi connectivity index (χ1v) is 4.86. The third-order valence-electron chi connectivity index (χ3n) is 0. The van der Waals surface area contributed by atoms with Gasteiger partial charge in [0.1, 0.15) is 0 Å². The Hall–Kier alpha value is 1.37. The van der Waals surface area contributed by atoms with Crippen LogP contribution < -0.4 is 0 Å². The molecule has 0 atom stereocenters. The molecule has 14 N–H and O–H groups in total. The van der Waals surface area contributed by atoms with Gasteiger partial charge in [0.15, 0.2) is 0 Å². The van der Waals surface area contributed by atoms with Crippen LogP contribution in [0.3, 0.4) is 0 Å². The van der Waals surface area contributed by atoms with Crippen LogP contribution in [-0.2, 0) is 0 Å². The van der Waals surface area contributed by atoms with Gasteiger partial charge in [0.05, 0.1) is 0 Å². The number of hydrogen-bond acceptors (Lipinski definition) is 0. The van der Waals surface area contributed by atoms with E-state index in [2.05, 4.69) is 0 Å². The second kappa shape index (κ2) is 348. The molecule has 0 aliphatic heterocycles. The fraction of sp³-hybridized carbons (Fsp3) is 0. The Balaban J connectivity index is -0.000000000238. The molecular formula is H14ClO7Pr. The van der Waals surface area contributed by atoms with Gasteiger partial charge in [-0.2, -0.15) is 0 Å². The molecule has 66 valence electrons. The zero-order valence-electron chi connectivity index (χ0n) is 4.46. The Morgan fingerprint density at radius 1 is 0.444 bits per heavy atom. The number of rotatable bonds is 0. The third kappa shape index (κ3) is 270. The van der Waals surface area contributed by atoms with Crippen LogP contribution in [0.15, 0.2) is 0 Å². The molecule has 0 rings (SSSR count). The van der Waals surface area contributed by atoms with Crippen LogP contribution in [0, 0.1) is 37.6 Å². The molecule has 0 aliphatic rings. The minimum atomic E-state index is 0. The van der Waals surface area contributed by atoms with Gasteiger partial charge in [-0.1, -0.05) is 0 Å². The molecule has 0 radical (unpaired) electrons. The van der Waals surface area contributed by atoms with Gasteiger partial charge in [0.25, 0.3) is 0 Å². The predicted octanol–water partition coefficient (Wildman–Crippen LogP) is -5.08. The van der Waals surface area contributed by atoms with Gasteiger partial charge in [0, 0.05) is 0 Å². The average molecular weight is 302 g/mol. The van der Waals surface area contributed by atoms with Gasteiger partial charge in [-0.3, -0.25) is 0 Å². The van der Waals surface area contributed by atoms with Crippen LogP contribution in [0.1, 0.15) is 0 Å². The van der Waals surface area contributed by atoms with Crippen molar-refractivity contribution in [3.8, 4) is 0 Å². The van der Waals surface area contributed by atoms with Gasteiger partial charge >= 0.3 is 43.3 Å². The zero-order valence-corrected chi connectivity index (χ0v) is 8.92. The van der Waals surface area contributed by atoms with Crippen LogP contribution >= 0.6 is 5.72 Å². The summed E-state index contributed by atoms with van der Waals surface area (Å²) < 4.78 is 0. The standard InChI is InChI=1S/ClH.7H2O.Pr/h1H;7*1H2;/q;;;;;;;;+1/p-1. The van der Waals surface area contributed by atoms with Crippen molar-refractivity contribution >= 4 is 5.72 Å². The molecule has 0 spiro atoms. The number of hydrogen-bond donors (Lipinski definition) is 0. The molecule has 9 heteroatoms. The van der Waals surface area contributed by atoms with Crippen molar-refractivity contribution in [2.45, 2.75) is 0 Å². The van der Waals surface area contributed by atoms with E-state index in [1.807, 2.05) is 0 Å². The summed E-state index contributed by atoms with van der Waals surface area (Å²) >= 11 is 0.639. The molecular weight excluding hydrogens is 288 g/mol. The third-order valence-corrected chi connectivity index (χ3v) is 0. The van der Waals surface area contributed by atoms with Crippen molar-refractivity contribution in [3.05, 3.63) is 0 Å². The molecule has 0 fully saturated rings. The van der Waals surface area contributed by atoms with Crippen LogP contribution in [0.5, 0.6) is 0 Å². The summed E-state index contributed by atoms with van der Waals surface area (Å²) in [6.45, 7) is 0. The van der Waals surface area contributed by atoms with Crippen molar-refractivity contribution < 1.29 is 76.0 Å². The Labute approximate surface area is 81.0 Å². The Kier molecular flexibility index (Phi) is 6260. The fourth-order valence-corrected chi connectivity index (χ4v) is 0. The van der Waals surface area contributed by atoms with Gasteiger partial charge in [-0.05, 0) is 0 Å². The topological polar surface area (TPSA) is 220 Å². The minimum absolute atomic E-state index is 0. The zero-order chi connectivity index (χ0) is 2.00. The van der Waals surface area contributed by atoms with E-state index in [0.717, 1.165) is 0 Å². The first-order chi connectivity index (χ1) is 1.00. The normalized spacial score (nSPS) is 0.444. The molecule has 0 saturated heterocycles. The maximum atomic E-state index is 4.81. The van der Waals surface area contributed by atoms with Gasteiger partial charge in [-0.25, -0.2) is 0 Å². The molecule has 0 unspecified atom stereocenters. The van der Waals surface area contributed by atoms with Crippen molar-refractivity contribution in [2.75, 3.05) is 0 Å². The summed E-state index contributed by atoms with van der Waals surface area (Å²) in [6.07, 6.45) is 0. The first kappa shape index (κ1) is 162. The van der Waals surface area contributed by atoms with Crippen molar-refractivity contribution in [2.24, 2.45) is 0 Å². The molecule has 0 saturated carbocycles. The molecule has 0 bridgehead atoms. The van der Waals surface area contributed by atoms with E-state index in [1.165, 1.54) is 0 Å². The molecule has 0 heterocycles. The predicted molar refractivity (Wildman–Crippen MR) is 31.1 cm³/mol.